The molecule has 37 heavy (non-hydrogen) atoms. The second-order valence-corrected chi connectivity index (χ2v) is 8.92. The molecule has 192 valence electrons. The molecular weight excluding hydrogens is 484 g/mol. The summed E-state index contributed by atoms with van der Waals surface area (Å²) < 4.78 is 52.8. The Morgan fingerprint density at radius 1 is 1.00 bits per heavy atom. The number of carbonyl (C=O) groups excluding carboxylic acids is 1. The van der Waals surface area contributed by atoms with Crippen molar-refractivity contribution in [1.29, 1.82) is 5.26 Å². The third-order valence-corrected chi connectivity index (χ3v) is 6.33. The molecule has 0 atom stereocenters. The van der Waals surface area contributed by atoms with Gasteiger partial charge in [0.1, 0.15) is 5.82 Å². The molecule has 1 heterocycles. The molecule has 5 nitrogen and oxygen atoms in total. The minimum Gasteiger partial charge on any atom is -0.307 e. The van der Waals surface area contributed by atoms with E-state index in [-0.39, 0.29) is 5.69 Å². The van der Waals surface area contributed by atoms with Crippen LogP contribution in [0.15, 0.2) is 66.7 Å². The Kier molecular flexibility index (Phi) is 8.09. The van der Waals surface area contributed by atoms with Crippen molar-refractivity contribution >= 4 is 17.4 Å². The summed E-state index contributed by atoms with van der Waals surface area (Å²) in [5.41, 5.74) is 1.40. The summed E-state index contributed by atoms with van der Waals surface area (Å²) >= 11 is 0. The lowest BCUT2D eigenvalue weighted by Gasteiger charge is -2.25. The van der Waals surface area contributed by atoms with Crippen LogP contribution in [0.4, 0.5) is 33.7 Å². The van der Waals surface area contributed by atoms with Crippen LogP contribution >= 0.6 is 0 Å². The topological polar surface area (TPSA) is 59.4 Å². The Morgan fingerprint density at radius 2 is 1.73 bits per heavy atom. The molecule has 4 rings (SSSR count). The Labute approximate surface area is 212 Å². The smallest absolute Gasteiger partial charge is 0.307 e. The fourth-order valence-corrected chi connectivity index (χ4v) is 4.42. The zero-order valence-electron chi connectivity index (χ0n) is 20.1. The number of carbonyl (C=O) groups is 1. The zero-order valence-corrected chi connectivity index (χ0v) is 20.1. The van der Waals surface area contributed by atoms with Gasteiger partial charge in [-0.3, -0.25) is 4.90 Å². The number of nitrogens with one attached hydrogen (secondary N) is 1. The van der Waals surface area contributed by atoms with Crippen LogP contribution in [0.25, 0.3) is 11.1 Å². The lowest BCUT2D eigenvalue weighted by atomic mass is 10.0. The van der Waals surface area contributed by atoms with Crippen molar-refractivity contribution in [3.8, 4) is 17.2 Å². The molecule has 1 aliphatic rings. The first-order valence-corrected chi connectivity index (χ1v) is 12.0. The van der Waals surface area contributed by atoms with Crippen LogP contribution < -0.4 is 10.2 Å². The fourth-order valence-electron chi connectivity index (χ4n) is 4.42. The fraction of sp³-hybridized carbons (Fsp3) is 0.286. The van der Waals surface area contributed by atoms with Gasteiger partial charge >= 0.3 is 12.2 Å². The molecule has 0 saturated carbocycles. The highest BCUT2D eigenvalue weighted by atomic mass is 19.4. The standard InChI is InChI=1S/C28H26F4N4O/c29-26-18-23(9-12-25(26)28(30,31)32)34-27(37)36(16-4-15-35-13-1-2-14-35)24-10-7-21(8-11-24)22-6-3-5-20(17-22)19-33/h3,5-12,17-18H,1-2,4,13-16H2,(H,34,37). The molecule has 1 fully saturated rings. The van der Waals surface area contributed by atoms with Gasteiger partial charge in [0.2, 0.25) is 0 Å². The molecule has 0 bridgehead atoms. The number of benzene rings is 3. The Balaban J connectivity index is 1.53. The van der Waals surface area contributed by atoms with Crippen LogP contribution in [-0.2, 0) is 6.18 Å². The molecule has 1 N–H and O–H groups in total. The number of anilines is 2. The van der Waals surface area contributed by atoms with E-state index in [1.165, 1.54) is 4.90 Å². The van der Waals surface area contributed by atoms with Crippen molar-refractivity contribution < 1.29 is 22.4 Å². The summed E-state index contributed by atoms with van der Waals surface area (Å²) in [5, 5.41) is 11.7. The largest absolute Gasteiger partial charge is 0.419 e. The maximum Gasteiger partial charge on any atom is 0.419 e. The van der Waals surface area contributed by atoms with E-state index >= 15 is 0 Å². The van der Waals surface area contributed by atoms with Gasteiger partial charge in [-0.25, -0.2) is 9.18 Å². The van der Waals surface area contributed by atoms with E-state index in [1.807, 2.05) is 18.2 Å². The number of rotatable bonds is 7. The van der Waals surface area contributed by atoms with Crippen molar-refractivity contribution in [2.24, 2.45) is 0 Å². The molecule has 2 amide bonds. The lowest BCUT2D eigenvalue weighted by Crippen LogP contribution is -2.37. The van der Waals surface area contributed by atoms with Crippen LogP contribution in [0, 0.1) is 17.1 Å². The Morgan fingerprint density at radius 3 is 2.38 bits per heavy atom. The molecule has 3 aromatic carbocycles. The van der Waals surface area contributed by atoms with Gasteiger partial charge in [-0.15, -0.1) is 0 Å². The molecule has 1 aliphatic heterocycles. The summed E-state index contributed by atoms with van der Waals surface area (Å²) in [5.74, 6) is -1.45. The third kappa shape index (κ3) is 6.66. The normalized spacial score (nSPS) is 13.8. The van der Waals surface area contributed by atoms with E-state index in [0.29, 0.717) is 36.3 Å². The summed E-state index contributed by atoms with van der Waals surface area (Å²) in [6.45, 7) is 3.23. The first-order valence-electron chi connectivity index (χ1n) is 12.0. The summed E-state index contributed by atoms with van der Waals surface area (Å²) in [6.07, 6.45) is -1.82. The predicted octanol–water partition coefficient (Wildman–Crippen LogP) is 6.91. The SMILES string of the molecule is N#Cc1cccc(-c2ccc(N(CCCN3CCCC3)C(=O)Nc3ccc(C(F)(F)F)c(F)c3)cc2)c1. The number of nitrogens with zero attached hydrogens (tertiary/aromatic N) is 3. The first kappa shape index (κ1) is 26.2. The van der Waals surface area contributed by atoms with E-state index in [4.69, 9.17) is 5.26 Å². The summed E-state index contributed by atoms with van der Waals surface area (Å²) in [6, 6.07) is 18.3. The Hall–Kier alpha value is -3.90. The highest BCUT2D eigenvalue weighted by Crippen LogP contribution is 2.32. The molecule has 0 spiro atoms. The van der Waals surface area contributed by atoms with Gasteiger partial charge in [0.05, 0.1) is 17.2 Å². The minimum absolute atomic E-state index is 0.0648. The Bertz CT molecular complexity index is 1280. The molecule has 3 aromatic rings. The van der Waals surface area contributed by atoms with E-state index in [9.17, 15) is 22.4 Å². The monoisotopic (exact) mass is 510 g/mol. The quantitative estimate of drug-likeness (QED) is 0.352. The van der Waals surface area contributed by atoms with Crippen LogP contribution in [0.2, 0.25) is 0 Å². The summed E-state index contributed by atoms with van der Waals surface area (Å²) in [7, 11) is 0. The molecule has 0 unspecified atom stereocenters. The molecule has 0 aliphatic carbocycles. The van der Waals surface area contributed by atoms with Crippen molar-refractivity contribution in [1.82, 2.24) is 4.90 Å². The molecule has 0 aromatic heterocycles. The number of nitriles is 1. The summed E-state index contributed by atoms with van der Waals surface area (Å²) in [4.78, 5) is 17.0. The van der Waals surface area contributed by atoms with Crippen LogP contribution in [0.5, 0.6) is 0 Å². The van der Waals surface area contributed by atoms with Crippen LogP contribution in [0.3, 0.4) is 0 Å². The lowest BCUT2D eigenvalue weighted by molar-refractivity contribution is -0.139. The van der Waals surface area contributed by atoms with Gasteiger partial charge in [0.25, 0.3) is 0 Å². The van der Waals surface area contributed by atoms with Crippen molar-refractivity contribution in [3.63, 3.8) is 0 Å². The van der Waals surface area contributed by atoms with E-state index < -0.39 is 23.6 Å². The van der Waals surface area contributed by atoms with Crippen LogP contribution in [0.1, 0.15) is 30.4 Å². The number of hydrogen-bond acceptors (Lipinski definition) is 3. The van der Waals surface area contributed by atoms with Crippen LogP contribution in [-0.4, -0.2) is 37.1 Å². The first-order chi connectivity index (χ1) is 17.7. The zero-order chi connectivity index (χ0) is 26.4. The number of hydrogen-bond donors (Lipinski definition) is 1. The number of halogens is 4. The average Bonchev–Trinajstić information content (AvgIpc) is 3.40. The number of likely N-dealkylation sites (tertiary alicyclic amines) is 1. The molecule has 1 saturated heterocycles. The highest BCUT2D eigenvalue weighted by Gasteiger charge is 2.34. The van der Waals surface area contributed by atoms with Crippen molar-refractivity contribution in [2.75, 3.05) is 36.4 Å². The van der Waals surface area contributed by atoms with E-state index in [1.54, 1.807) is 30.3 Å². The van der Waals surface area contributed by atoms with E-state index in [2.05, 4.69) is 16.3 Å². The van der Waals surface area contributed by atoms with Gasteiger partial charge in [-0.1, -0.05) is 24.3 Å². The average molecular weight is 511 g/mol. The maximum atomic E-state index is 14.0. The van der Waals surface area contributed by atoms with Gasteiger partial charge in [-0.05, 0) is 92.5 Å². The van der Waals surface area contributed by atoms with Gasteiger partial charge in [0, 0.05) is 17.9 Å². The van der Waals surface area contributed by atoms with Crippen molar-refractivity contribution in [3.05, 3.63) is 83.7 Å². The van der Waals surface area contributed by atoms with Crippen molar-refractivity contribution in [2.45, 2.75) is 25.4 Å². The minimum atomic E-state index is -4.82. The van der Waals surface area contributed by atoms with Gasteiger partial charge in [-0.2, -0.15) is 18.4 Å². The number of urea groups is 1. The molecule has 0 radical (unpaired) electrons. The molecule has 9 heteroatoms. The second-order valence-electron chi connectivity index (χ2n) is 8.92. The second kappa shape index (κ2) is 11.4. The number of alkyl halides is 3. The maximum absolute atomic E-state index is 14.0. The van der Waals surface area contributed by atoms with Gasteiger partial charge in [0.15, 0.2) is 0 Å². The highest BCUT2D eigenvalue weighted by molar-refractivity contribution is 6.01. The molecular formula is C28H26F4N4O. The van der Waals surface area contributed by atoms with Gasteiger partial charge < -0.3 is 10.2 Å². The number of amides is 2. The van der Waals surface area contributed by atoms with E-state index in [0.717, 1.165) is 49.7 Å². The predicted molar refractivity (Wildman–Crippen MR) is 135 cm³/mol. The third-order valence-electron chi connectivity index (χ3n) is 6.33.